The Kier molecular flexibility index (Phi) is 2.88. The molecule has 0 atom stereocenters. The molecule has 2 aromatic rings. The largest absolute Gasteiger partial charge is 0.464 e. The topological polar surface area (TPSA) is 67.9 Å². The lowest BCUT2D eigenvalue weighted by Crippen LogP contribution is -2.05. The highest BCUT2D eigenvalue weighted by molar-refractivity contribution is 5.87. The van der Waals surface area contributed by atoms with Crippen LogP contribution < -0.4 is 0 Å². The molecule has 0 unspecified atom stereocenters. The van der Waals surface area contributed by atoms with Gasteiger partial charge in [0, 0.05) is 12.4 Å². The average molecular weight is 227 g/mol. The Balaban J connectivity index is 2.47. The molecule has 0 radical (unpaired) electrons. The number of hydrogen-bond donors (Lipinski definition) is 0. The Hall–Kier alpha value is -2.61. The van der Waals surface area contributed by atoms with E-state index in [-0.39, 0.29) is 5.69 Å². The normalized spacial score (nSPS) is 9.65. The highest BCUT2D eigenvalue weighted by Crippen LogP contribution is 2.12. The number of nitrogens with zero attached hydrogens (tertiary/aromatic N) is 3. The number of carbonyl (C=O) groups is 1. The lowest BCUT2D eigenvalue weighted by Gasteiger charge is -2.05. The van der Waals surface area contributed by atoms with Crippen LogP contribution in [-0.4, -0.2) is 22.6 Å². The summed E-state index contributed by atoms with van der Waals surface area (Å²) in [5.74, 6) is -0.502. The van der Waals surface area contributed by atoms with Crippen molar-refractivity contribution in [2.75, 3.05) is 7.11 Å². The lowest BCUT2D eigenvalue weighted by atomic mass is 10.3. The van der Waals surface area contributed by atoms with Crippen molar-refractivity contribution in [1.29, 1.82) is 5.26 Å². The molecule has 0 aliphatic carbocycles. The van der Waals surface area contributed by atoms with E-state index in [2.05, 4.69) is 15.8 Å². The Bertz CT molecular complexity index is 596. The van der Waals surface area contributed by atoms with Gasteiger partial charge in [0.15, 0.2) is 0 Å². The number of aromatic nitrogens is 2. The molecule has 0 saturated heterocycles. The molecular formula is C12H9N3O2. The van der Waals surface area contributed by atoms with Gasteiger partial charge in [-0.1, -0.05) is 0 Å². The van der Waals surface area contributed by atoms with Gasteiger partial charge in [0.2, 0.25) is 0 Å². The minimum Gasteiger partial charge on any atom is -0.464 e. The van der Waals surface area contributed by atoms with Crippen LogP contribution in [0.25, 0.3) is 5.69 Å². The first-order valence-corrected chi connectivity index (χ1v) is 4.88. The van der Waals surface area contributed by atoms with Crippen molar-refractivity contribution in [3.8, 4) is 11.8 Å². The molecule has 0 fully saturated rings. The molecule has 2 rings (SSSR count). The molecule has 17 heavy (non-hydrogen) atoms. The Morgan fingerprint density at radius 3 is 3.06 bits per heavy atom. The van der Waals surface area contributed by atoms with Crippen molar-refractivity contribution in [3.05, 3.63) is 48.0 Å². The van der Waals surface area contributed by atoms with Crippen molar-refractivity contribution in [2.24, 2.45) is 0 Å². The van der Waals surface area contributed by atoms with Gasteiger partial charge in [0.05, 0.1) is 12.8 Å². The molecule has 0 spiro atoms. The first-order chi connectivity index (χ1) is 8.26. The van der Waals surface area contributed by atoms with E-state index < -0.39 is 5.97 Å². The van der Waals surface area contributed by atoms with Gasteiger partial charge in [-0.05, 0) is 24.3 Å². The molecule has 0 aliphatic rings. The monoisotopic (exact) mass is 227 g/mol. The third-order valence-corrected chi connectivity index (χ3v) is 2.28. The molecule has 0 N–H and O–H groups in total. The predicted molar refractivity (Wildman–Crippen MR) is 59.6 cm³/mol. The SMILES string of the molecule is COC(=O)c1cc(-n2cccc2C#N)ccn1. The summed E-state index contributed by atoms with van der Waals surface area (Å²) in [7, 11) is 1.30. The van der Waals surface area contributed by atoms with Crippen molar-refractivity contribution in [2.45, 2.75) is 0 Å². The minimum atomic E-state index is -0.502. The Morgan fingerprint density at radius 2 is 2.35 bits per heavy atom. The van der Waals surface area contributed by atoms with Gasteiger partial charge in [-0.25, -0.2) is 9.78 Å². The molecule has 84 valence electrons. The van der Waals surface area contributed by atoms with Gasteiger partial charge in [-0.2, -0.15) is 5.26 Å². The summed E-state index contributed by atoms with van der Waals surface area (Å²) in [5.41, 5.74) is 1.40. The molecule has 5 nitrogen and oxygen atoms in total. The Labute approximate surface area is 97.9 Å². The van der Waals surface area contributed by atoms with Crippen LogP contribution in [0.15, 0.2) is 36.7 Å². The van der Waals surface area contributed by atoms with Gasteiger partial charge in [-0.3, -0.25) is 0 Å². The summed E-state index contributed by atoms with van der Waals surface area (Å²) >= 11 is 0. The molecule has 2 heterocycles. The van der Waals surface area contributed by atoms with E-state index in [1.165, 1.54) is 13.3 Å². The van der Waals surface area contributed by atoms with Gasteiger partial charge in [0.25, 0.3) is 0 Å². The Morgan fingerprint density at radius 1 is 1.53 bits per heavy atom. The summed E-state index contributed by atoms with van der Waals surface area (Å²) in [6.45, 7) is 0. The van der Waals surface area contributed by atoms with Gasteiger partial charge in [-0.15, -0.1) is 0 Å². The van der Waals surface area contributed by atoms with Crippen LogP contribution in [0.3, 0.4) is 0 Å². The van der Waals surface area contributed by atoms with Crippen molar-refractivity contribution >= 4 is 5.97 Å². The van der Waals surface area contributed by atoms with Crippen molar-refractivity contribution in [3.63, 3.8) is 0 Å². The first kappa shape index (κ1) is 10.9. The summed E-state index contributed by atoms with van der Waals surface area (Å²) in [5, 5.41) is 8.92. The molecule has 0 aromatic carbocycles. The number of rotatable bonds is 2. The standard InChI is InChI=1S/C12H9N3O2/c1-17-12(16)11-7-9(4-5-14-11)15-6-2-3-10(15)8-13/h2-7H,1H3. The van der Waals surface area contributed by atoms with Crippen LogP contribution in [0.4, 0.5) is 0 Å². The van der Waals surface area contributed by atoms with Crippen molar-refractivity contribution < 1.29 is 9.53 Å². The quantitative estimate of drug-likeness (QED) is 0.729. The maximum absolute atomic E-state index is 11.3. The van der Waals surface area contributed by atoms with Crippen LogP contribution in [0, 0.1) is 11.3 Å². The number of methoxy groups -OCH3 is 1. The maximum atomic E-state index is 11.3. The minimum absolute atomic E-state index is 0.211. The third-order valence-electron chi connectivity index (χ3n) is 2.28. The van der Waals surface area contributed by atoms with E-state index in [1.54, 1.807) is 35.0 Å². The summed E-state index contributed by atoms with van der Waals surface area (Å²) in [6, 6.07) is 8.81. The molecule has 0 amide bonds. The molecule has 0 aliphatic heterocycles. The van der Waals surface area contributed by atoms with E-state index >= 15 is 0 Å². The zero-order valence-electron chi connectivity index (χ0n) is 9.12. The number of nitriles is 1. The highest BCUT2D eigenvalue weighted by Gasteiger charge is 2.09. The van der Waals surface area contributed by atoms with E-state index in [0.29, 0.717) is 11.4 Å². The van der Waals surface area contributed by atoms with E-state index in [4.69, 9.17) is 5.26 Å². The van der Waals surface area contributed by atoms with E-state index in [0.717, 1.165) is 0 Å². The van der Waals surface area contributed by atoms with Crippen LogP contribution in [0.2, 0.25) is 0 Å². The zero-order valence-corrected chi connectivity index (χ0v) is 9.12. The second kappa shape index (κ2) is 4.49. The van der Waals surface area contributed by atoms with E-state index in [1.807, 2.05) is 0 Å². The van der Waals surface area contributed by atoms with Crippen molar-refractivity contribution in [1.82, 2.24) is 9.55 Å². The fourth-order valence-electron chi connectivity index (χ4n) is 1.48. The number of esters is 1. The second-order valence-electron chi connectivity index (χ2n) is 3.27. The predicted octanol–water partition coefficient (Wildman–Crippen LogP) is 1.53. The first-order valence-electron chi connectivity index (χ1n) is 4.88. The zero-order chi connectivity index (χ0) is 12.3. The average Bonchev–Trinajstić information content (AvgIpc) is 2.86. The fraction of sp³-hybridized carbons (Fsp3) is 0.0833. The maximum Gasteiger partial charge on any atom is 0.356 e. The van der Waals surface area contributed by atoms with Crippen LogP contribution in [-0.2, 0) is 4.74 Å². The summed E-state index contributed by atoms with van der Waals surface area (Å²) < 4.78 is 6.26. The van der Waals surface area contributed by atoms with E-state index in [9.17, 15) is 4.79 Å². The molecule has 0 bridgehead atoms. The molecule has 0 saturated carbocycles. The van der Waals surface area contributed by atoms with Crippen LogP contribution in [0.1, 0.15) is 16.2 Å². The molecule has 5 heteroatoms. The number of ether oxygens (including phenoxy) is 1. The van der Waals surface area contributed by atoms with Gasteiger partial charge >= 0.3 is 5.97 Å². The third kappa shape index (κ3) is 2.01. The number of pyridine rings is 1. The molecule has 2 aromatic heterocycles. The fourth-order valence-corrected chi connectivity index (χ4v) is 1.48. The van der Waals surface area contributed by atoms with Gasteiger partial charge in [0.1, 0.15) is 17.5 Å². The molecular weight excluding hydrogens is 218 g/mol. The highest BCUT2D eigenvalue weighted by atomic mass is 16.5. The summed E-state index contributed by atoms with van der Waals surface area (Å²) in [6.07, 6.45) is 3.25. The lowest BCUT2D eigenvalue weighted by molar-refractivity contribution is 0.0594. The smallest absolute Gasteiger partial charge is 0.356 e. The summed E-state index contributed by atoms with van der Waals surface area (Å²) in [4.78, 5) is 15.2. The number of hydrogen-bond acceptors (Lipinski definition) is 4. The van der Waals surface area contributed by atoms with Crippen LogP contribution in [0.5, 0.6) is 0 Å². The van der Waals surface area contributed by atoms with Gasteiger partial charge < -0.3 is 9.30 Å². The second-order valence-corrected chi connectivity index (χ2v) is 3.27. The van der Waals surface area contributed by atoms with Crippen LogP contribution >= 0.6 is 0 Å². The number of carbonyl (C=O) groups excluding carboxylic acids is 1.